The highest BCUT2D eigenvalue weighted by molar-refractivity contribution is 7.90. The largest absolute Gasteiger partial charge is 0.379 e. The average molecular weight is 1050 g/mol. The van der Waals surface area contributed by atoms with E-state index in [0.29, 0.717) is 56.9 Å². The van der Waals surface area contributed by atoms with Gasteiger partial charge in [-0.2, -0.15) is 16.8 Å². The molecular formula is C59H66N6O8S2. The Labute approximate surface area is 442 Å². The molecule has 392 valence electrons. The Kier molecular flexibility index (Phi) is 21.3. The lowest BCUT2D eigenvalue weighted by molar-refractivity contribution is 0.0927. The monoisotopic (exact) mass is 1050 g/mol. The highest BCUT2D eigenvalue weighted by Crippen LogP contribution is 2.40. The zero-order valence-corrected chi connectivity index (χ0v) is 44.0. The maximum atomic E-state index is 13.9. The van der Waals surface area contributed by atoms with Crippen LogP contribution in [0.15, 0.2) is 182 Å². The number of pyridine rings is 2. The number of carbonyl (C=O) groups is 2. The normalized spacial score (nSPS) is 11.9. The Bertz CT molecular complexity index is 3390. The standard InChI is InChI=1S/C29H31N3O4S.C27H24N2O4S.C2H7N.CH4/c1-4-24(21-13-7-5-8-14-21)31-29(33)26-23-17-11-12-18-25(23)30-27(22-15-9-6-10-16-22)28(26)36-37(34,35)20-19-32(2)3;1-3-22(19-13-7-5-8-14-19)29-27(30)24-21-17-11-12-18-23(21)28-25(20-15-9-6-10-16-20)26(24)33-34(31,32)4-2;1-3-2;/h5-18,24H,4,19-20H2,1-3H3,(H,31,33);4-18,22H,2-3H2,1H3,(H,29,30);3H,1-2H3;1H4/t24-;22-;;/m00../s1. The lowest BCUT2D eigenvalue weighted by Crippen LogP contribution is -2.30. The molecule has 3 N–H and O–H groups in total. The molecule has 8 rings (SSSR count). The van der Waals surface area contributed by atoms with Crippen molar-refractivity contribution in [3.8, 4) is 34.0 Å². The van der Waals surface area contributed by atoms with E-state index in [2.05, 4.69) is 27.5 Å². The van der Waals surface area contributed by atoms with Crippen molar-refractivity contribution in [3.05, 3.63) is 204 Å². The molecule has 16 heteroatoms. The number of nitrogens with zero attached hydrogens (tertiary/aromatic N) is 3. The van der Waals surface area contributed by atoms with Crippen molar-refractivity contribution in [2.24, 2.45) is 0 Å². The number of amides is 2. The molecule has 6 aromatic carbocycles. The van der Waals surface area contributed by atoms with Crippen LogP contribution < -0.4 is 24.3 Å². The van der Waals surface area contributed by atoms with Crippen LogP contribution in [0.4, 0.5) is 0 Å². The zero-order chi connectivity index (χ0) is 53.3. The molecule has 0 saturated heterocycles. The molecule has 0 saturated carbocycles. The van der Waals surface area contributed by atoms with Gasteiger partial charge in [0.15, 0.2) is 11.5 Å². The second kappa shape index (κ2) is 27.5. The van der Waals surface area contributed by atoms with E-state index in [1.807, 2.05) is 137 Å². The van der Waals surface area contributed by atoms with Gasteiger partial charge in [-0.25, -0.2) is 9.97 Å². The van der Waals surface area contributed by atoms with Gasteiger partial charge in [0.25, 0.3) is 11.8 Å². The fourth-order valence-electron chi connectivity index (χ4n) is 7.87. The van der Waals surface area contributed by atoms with E-state index in [4.69, 9.17) is 13.4 Å². The molecule has 2 atom stereocenters. The van der Waals surface area contributed by atoms with Crippen LogP contribution in [-0.2, 0) is 20.2 Å². The van der Waals surface area contributed by atoms with E-state index in [0.717, 1.165) is 11.1 Å². The number of fused-ring (bicyclic) bond motifs is 2. The highest BCUT2D eigenvalue weighted by atomic mass is 32.2. The van der Waals surface area contributed by atoms with Crippen LogP contribution in [0.1, 0.15) is 78.0 Å². The summed E-state index contributed by atoms with van der Waals surface area (Å²) in [6.07, 6.45) is 1.30. The summed E-state index contributed by atoms with van der Waals surface area (Å²) in [4.78, 5) is 38.8. The zero-order valence-electron chi connectivity index (χ0n) is 42.4. The first-order chi connectivity index (χ1) is 35.6. The summed E-state index contributed by atoms with van der Waals surface area (Å²) >= 11 is 0. The molecule has 0 radical (unpaired) electrons. The first kappa shape index (κ1) is 58.1. The van der Waals surface area contributed by atoms with E-state index in [1.54, 1.807) is 79.7 Å². The van der Waals surface area contributed by atoms with Gasteiger partial charge < -0.3 is 29.2 Å². The summed E-state index contributed by atoms with van der Waals surface area (Å²) in [5, 5.41) is 10.6. The number of benzene rings is 6. The number of aromatic nitrogens is 2. The third-order valence-electron chi connectivity index (χ3n) is 11.5. The fraction of sp³-hybridized carbons (Fsp3) is 0.220. The molecule has 0 fully saturated rings. The maximum absolute atomic E-state index is 13.9. The smallest absolute Gasteiger partial charge is 0.331 e. The first-order valence-corrected chi connectivity index (χ1v) is 27.1. The van der Waals surface area contributed by atoms with Gasteiger partial charge in [0.1, 0.15) is 11.4 Å². The molecule has 75 heavy (non-hydrogen) atoms. The minimum atomic E-state index is -4.17. The Hall–Kier alpha value is -7.76. The predicted octanol–water partition coefficient (Wildman–Crippen LogP) is 11.2. The minimum absolute atomic E-state index is 0. The van der Waals surface area contributed by atoms with Crippen molar-refractivity contribution in [1.29, 1.82) is 0 Å². The molecule has 0 aliphatic carbocycles. The van der Waals surface area contributed by atoms with E-state index in [9.17, 15) is 26.4 Å². The number of para-hydroxylation sites is 2. The summed E-state index contributed by atoms with van der Waals surface area (Å²) in [5.74, 6) is -1.32. The van der Waals surface area contributed by atoms with Crippen molar-refractivity contribution in [2.45, 2.75) is 46.2 Å². The van der Waals surface area contributed by atoms with Gasteiger partial charge in [0.05, 0.1) is 45.4 Å². The number of nitrogens with one attached hydrogen (secondary N) is 3. The third-order valence-corrected chi connectivity index (χ3v) is 13.4. The highest BCUT2D eigenvalue weighted by Gasteiger charge is 2.30. The quantitative estimate of drug-likeness (QED) is 0.0692. The van der Waals surface area contributed by atoms with Gasteiger partial charge in [-0.1, -0.05) is 186 Å². The van der Waals surface area contributed by atoms with Crippen LogP contribution in [0.25, 0.3) is 44.3 Å². The van der Waals surface area contributed by atoms with Gasteiger partial charge in [-0.05, 0) is 64.3 Å². The second-order valence-electron chi connectivity index (χ2n) is 17.2. The van der Waals surface area contributed by atoms with Crippen LogP contribution in [-0.4, -0.2) is 84.0 Å². The lowest BCUT2D eigenvalue weighted by atomic mass is 10.00. The van der Waals surface area contributed by atoms with Crippen molar-refractivity contribution < 1.29 is 34.8 Å². The molecule has 0 unspecified atom stereocenters. The Morgan fingerprint density at radius 2 is 0.920 bits per heavy atom. The van der Waals surface area contributed by atoms with Crippen molar-refractivity contribution in [3.63, 3.8) is 0 Å². The van der Waals surface area contributed by atoms with Crippen molar-refractivity contribution in [1.82, 2.24) is 30.8 Å². The molecule has 0 aliphatic heterocycles. The van der Waals surface area contributed by atoms with Gasteiger partial charge in [-0.15, -0.1) is 0 Å². The van der Waals surface area contributed by atoms with Crippen LogP contribution in [0.2, 0.25) is 0 Å². The molecule has 0 spiro atoms. The van der Waals surface area contributed by atoms with Crippen molar-refractivity contribution in [2.75, 3.05) is 40.5 Å². The number of rotatable bonds is 18. The Balaban J connectivity index is 0.000000261. The van der Waals surface area contributed by atoms with Gasteiger partial charge >= 0.3 is 20.2 Å². The molecule has 8 aromatic rings. The van der Waals surface area contributed by atoms with Crippen LogP contribution in [0.5, 0.6) is 11.5 Å². The third kappa shape index (κ3) is 15.4. The van der Waals surface area contributed by atoms with E-state index < -0.39 is 32.1 Å². The second-order valence-corrected chi connectivity index (χ2v) is 20.4. The van der Waals surface area contributed by atoms with E-state index >= 15 is 0 Å². The van der Waals surface area contributed by atoms with Gasteiger partial charge in [0.2, 0.25) is 0 Å². The summed E-state index contributed by atoms with van der Waals surface area (Å²) < 4.78 is 62.3. The number of hydrogen-bond donors (Lipinski definition) is 3. The van der Waals surface area contributed by atoms with Crippen LogP contribution in [0.3, 0.4) is 0 Å². The summed E-state index contributed by atoms with van der Waals surface area (Å²) in [5.41, 5.74) is 5.08. The van der Waals surface area contributed by atoms with Crippen molar-refractivity contribution >= 4 is 53.9 Å². The molecule has 2 amide bonds. The Morgan fingerprint density at radius 3 is 1.28 bits per heavy atom. The van der Waals surface area contributed by atoms with Gasteiger partial charge in [0, 0.05) is 28.4 Å². The molecule has 14 nitrogen and oxygen atoms in total. The molecule has 0 bridgehead atoms. The molecule has 2 aromatic heterocycles. The van der Waals surface area contributed by atoms with Gasteiger partial charge in [-0.3, -0.25) is 9.59 Å². The maximum Gasteiger partial charge on any atom is 0.331 e. The molecular weight excluding hydrogens is 985 g/mol. The average Bonchev–Trinajstić information content (AvgIpc) is 3.41. The fourth-order valence-corrected chi connectivity index (χ4v) is 9.42. The lowest BCUT2D eigenvalue weighted by Gasteiger charge is -2.21. The minimum Gasteiger partial charge on any atom is -0.379 e. The number of hydrogen-bond acceptors (Lipinski definition) is 12. The van der Waals surface area contributed by atoms with Crippen LogP contribution in [0, 0.1) is 0 Å². The topological polar surface area (TPSA) is 186 Å². The van der Waals surface area contributed by atoms with Crippen LogP contribution >= 0.6 is 0 Å². The first-order valence-electron chi connectivity index (χ1n) is 24.0. The SMILES string of the molecule is C.C=CS(=O)(=O)Oc1c(-c2ccccc2)nc2ccccc2c1C(=O)N[C@@H](CC)c1ccccc1.CC[C@H](NC(=O)c1c(OS(=O)(=O)CCN(C)C)c(-c2ccccc2)nc2ccccc12)c1ccccc1.CNC. The molecule has 2 heterocycles. The Morgan fingerprint density at radius 1 is 0.573 bits per heavy atom. The summed E-state index contributed by atoms with van der Waals surface area (Å²) in [6.45, 7) is 7.57. The predicted molar refractivity (Wildman–Crippen MR) is 303 cm³/mol. The summed E-state index contributed by atoms with van der Waals surface area (Å²) in [6, 6.07) is 51.2. The van der Waals surface area contributed by atoms with E-state index in [1.165, 1.54) is 0 Å². The molecule has 0 aliphatic rings. The van der Waals surface area contributed by atoms with E-state index in [-0.39, 0.29) is 60.1 Å². The summed E-state index contributed by atoms with van der Waals surface area (Å²) in [7, 11) is -0.878. The number of carbonyl (C=O) groups excluding carboxylic acids is 2.